The zero-order valence-corrected chi connectivity index (χ0v) is 11.5. The summed E-state index contributed by atoms with van der Waals surface area (Å²) in [5.74, 6) is 2.20. The molecule has 1 aromatic carbocycles. The Balaban J connectivity index is 1.39. The molecule has 1 aliphatic heterocycles. The van der Waals surface area contributed by atoms with Gasteiger partial charge in [0.05, 0.1) is 6.26 Å². The van der Waals surface area contributed by atoms with Gasteiger partial charge in [0.15, 0.2) is 0 Å². The van der Waals surface area contributed by atoms with E-state index in [2.05, 4.69) is 29.6 Å². The highest BCUT2D eigenvalue weighted by Gasteiger charge is 2.26. The maximum absolute atomic E-state index is 5.98. The van der Waals surface area contributed by atoms with Crippen LogP contribution in [-0.2, 0) is 12.8 Å². The number of hydrogen-bond donors (Lipinski definition) is 1. The van der Waals surface area contributed by atoms with Gasteiger partial charge < -0.3 is 14.5 Å². The minimum absolute atomic E-state index is 0.254. The minimum atomic E-state index is 0.254. The van der Waals surface area contributed by atoms with Crippen LogP contribution in [0.15, 0.2) is 41.0 Å². The summed E-state index contributed by atoms with van der Waals surface area (Å²) < 4.78 is 11.5. The van der Waals surface area contributed by atoms with E-state index in [9.17, 15) is 0 Å². The van der Waals surface area contributed by atoms with Gasteiger partial charge in [0.25, 0.3) is 0 Å². The molecule has 104 valence electrons. The second kappa shape index (κ2) is 4.98. The highest BCUT2D eigenvalue weighted by atomic mass is 16.5. The molecule has 2 unspecified atom stereocenters. The van der Waals surface area contributed by atoms with E-state index in [0.29, 0.717) is 6.04 Å². The van der Waals surface area contributed by atoms with E-state index < -0.39 is 0 Å². The molecule has 2 heterocycles. The first-order valence-electron chi connectivity index (χ1n) is 7.44. The Kier molecular flexibility index (Phi) is 3.00. The lowest BCUT2D eigenvalue weighted by molar-refractivity contribution is 0.218. The smallest absolute Gasteiger partial charge is 0.123 e. The SMILES string of the molecule is c1ccc2c(c1)CC(CNC1CCCc3occc31)O2. The van der Waals surface area contributed by atoms with Crippen LogP contribution in [0.5, 0.6) is 5.75 Å². The van der Waals surface area contributed by atoms with Crippen LogP contribution in [0.4, 0.5) is 0 Å². The maximum atomic E-state index is 5.98. The van der Waals surface area contributed by atoms with E-state index in [0.717, 1.165) is 30.9 Å². The zero-order valence-electron chi connectivity index (χ0n) is 11.5. The molecule has 1 aromatic heterocycles. The van der Waals surface area contributed by atoms with Crippen molar-refractivity contribution in [2.24, 2.45) is 0 Å². The highest BCUT2D eigenvalue weighted by Crippen LogP contribution is 2.31. The molecule has 0 radical (unpaired) electrons. The van der Waals surface area contributed by atoms with E-state index in [1.54, 1.807) is 0 Å². The minimum Gasteiger partial charge on any atom is -0.488 e. The number of nitrogens with one attached hydrogen (secondary N) is 1. The van der Waals surface area contributed by atoms with Crippen LogP contribution in [0.1, 0.15) is 35.8 Å². The summed E-state index contributed by atoms with van der Waals surface area (Å²) in [6, 6.07) is 10.9. The number of benzene rings is 1. The number of ether oxygens (including phenoxy) is 1. The third kappa shape index (κ3) is 2.12. The molecule has 1 aliphatic carbocycles. The normalized spacial score (nSPS) is 24.0. The maximum Gasteiger partial charge on any atom is 0.123 e. The van der Waals surface area contributed by atoms with Crippen LogP contribution in [0, 0.1) is 0 Å². The third-order valence-electron chi connectivity index (χ3n) is 4.36. The van der Waals surface area contributed by atoms with E-state index >= 15 is 0 Å². The molecule has 3 nitrogen and oxygen atoms in total. The number of fused-ring (bicyclic) bond motifs is 2. The molecule has 0 spiro atoms. The molecule has 20 heavy (non-hydrogen) atoms. The average Bonchev–Trinajstić information content (AvgIpc) is 3.11. The van der Waals surface area contributed by atoms with Crippen LogP contribution in [0.25, 0.3) is 0 Å². The van der Waals surface area contributed by atoms with Crippen LogP contribution in [-0.4, -0.2) is 12.6 Å². The Bertz CT molecular complexity index is 580. The molecule has 0 saturated carbocycles. The third-order valence-corrected chi connectivity index (χ3v) is 4.36. The lowest BCUT2D eigenvalue weighted by Gasteiger charge is -2.24. The summed E-state index contributed by atoms with van der Waals surface area (Å²) in [7, 11) is 0. The van der Waals surface area contributed by atoms with Gasteiger partial charge in [0.2, 0.25) is 0 Å². The molecule has 4 rings (SSSR count). The highest BCUT2D eigenvalue weighted by molar-refractivity contribution is 5.37. The van der Waals surface area contributed by atoms with E-state index in [4.69, 9.17) is 9.15 Å². The van der Waals surface area contributed by atoms with Crippen molar-refractivity contribution in [3.8, 4) is 5.75 Å². The molecule has 1 N–H and O–H groups in total. The molecule has 0 amide bonds. The predicted octanol–water partition coefficient (Wildman–Crippen LogP) is 3.25. The predicted molar refractivity (Wildman–Crippen MR) is 77.0 cm³/mol. The lowest BCUT2D eigenvalue weighted by atomic mass is 9.93. The van der Waals surface area contributed by atoms with Crippen LogP contribution < -0.4 is 10.1 Å². The Hall–Kier alpha value is -1.74. The van der Waals surface area contributed by atoms with Gasteiger partial charge in [-0.25, -0.2) is 0 Å². The van der Waals surface area contributed by atoms with Gasteiger partial charge in [-0.05, 0) is 30.5 Å². The second-order valence-corrected chi connectivity index (χ2v) is 5.70. The zero-order chi connectivity index (χ0) is 13.4. The van der Waals surface area contributed by atoms with Crippen LogP contribution in [0.2, 0.25) is 0 Å². The first kappa shape index (κ1) is 12.0. The summed E-state index contributed by atoms with van der Waals surface area (Å²) in [6.45, 7) is 0.893. The first-order valence-corrected chi connectivity index (χ1v) is 7.44. The van der Waals surface area contributed by atoms with Gasteiger partial charge in [-0.2, -0.15) is 0 Å². The summed E-state index contributed by atoms with van der Waals surface area (Å²) >= 11 is 0. The standard InChI is InChI=1S/C17H19NO2/c1-2-6-16-12(4-1)10-13(20-16)11-18-15-5-3-7-17-14(15)8-9-19-17/h1-2,4,6,8-9,13,15,18H,3,5,7,10-11H2. The fourth-order valence-corrected chi connectivity index (χ4v) is 3.34. The summed E-state index contributed by atoms with van der Waals surface area (Å²) in [5.41, 5.74) is 2.67. The number of para-hydroxylation sites is 1. The van der Waals surface area contributed by atoms with Crippen LogP contribution in [0.3, 0.4) is 0 Å². The van der Waals surface area contributed by atoms with Gasteiger partial charge in [-0.15, -0.1) is 0 Å². The van der Waals surface area contributed by atoms with Crippen molar-refractivity contribution in [1.82, 2.24) is 5.32 Å². The fraction of sp³-hybridized carbons (Fsp3) is 0.412. The first-order chi connectivity index (χ1) is 9.90. The van der Waals surface area contributed by atoms with Crippen molar-refractivity contribution in [2.75, 3.05) is 6.54 Å². The van der Waals surface area contributed by atoms with Crippen LogP contribution >= 0.6 is 0 Å². The van der Waals surface area contributed by atoms with Gasteiger partial charge in [-0.3, -0.25) is 0 Å². The molecule has 2 aromatic rings. The Morgan fingerprint density at radius 2 is 2.15 bits per heavy atom. The van der Waals surface area contributed by atoms with Gasteiger partial charge >= 0.3 is 0 Å². The van der Waals surface area contributed by atoms with Crippen molar-refractivity contribution in [3.63, 3.8) is 0 Å². The van der Waals surface area contributed by atoms with Crippen molar-refractivity contribution in [2.45, 2.75) is 37.8 Å². The molecule has 3 heteroatoms. The molecule has 2 atom stereocenters. The average molecular weight is 269 g/mol. The molecular formula is C17H19NO2. The number of hydrogen-bond acceptors (Lipinski definition) is 3. The lowest BCUT2D eigenvalue weighted by Crippen LogP contribution is -2.34. The summed E-state index contributed by atoms with van der Waals surface area (Å²) in [4.78, 5) is 0. The quantitative estimate of drug-likeness (QED) is 0.928. The van der Waals surface area contributed by atoms with Gasteiger partial charge in [0.1, 0.15) is 17.6 Å². The van der Waals surface area contributed by atoms with Crippen molar-refractivity contribution in [1.29, 1.82) is 0 Å². The summed E-state index contributed by atoms with van der Waals surface area (Å²) in [6.07, 6.45) is 6.53. The topological polar surface area (TPSA) is 34.4 Å². The second-order valence-electron chi connectivity index (χ2n) is 5.70. The Morgan fingerprint density at radius 3 is 3.10 bits per heavy atom. The molecule has 0 bridgehead atoms. The monoisotopic (exact) mass is 269 g/mol. The van der Waals surface area contributed by atoms with E-state index in [1.165, 1.54) is 24.0 Å². The number of furan rings is 1. The summed E-state index contributed by atoms with van der Waals surface area (Å²) in [5, 5.41) is 3.66. The fourth-order valence-electron chi connectivity index (χ4n) is 3.34. The van der Waals surface area contributed by atoms with E-state index in [-0.39, 0.29) is 6.10 Å². The van der Waals surface area contributed by atoms with Gasteiger partial charge in [-0.1, -0.05) is 18.2 Å². The molecular weight excluding hydrogens is 250 g/mol. The Labute approximate surface area is 118 Å². The Morgan fingerprint density at radius 1 is 1.20 bits per heavy atom. The number of aryl methyl sites for hydroxylation is 1. The van der Waals surface area contributed by atoms with E-state index in [1.807, 2.05) is 12.3 Å². The van der Waals surface area contributed by atoms with Crippen molar-refractivity contribution < 1.29 is 9.15 Å². The van der Waals surface area contributed by atoms with Crippen molar-refractivity contribution >= 4 is 0 Å². The van der Waals surface area contributed by atoms with Crippen molar-refractivity contribution in [3.05, 3.63) is 53.5 Å². The largest absolute Gasteiger partial charge is 0.488 e. The molecule has 0 fully saturated rings. The van der Waals surface area contributed by atoms with Gasteiger partial charge in [0, 0.05) is 31.0 Å². The molecule has 2 aliphatic rings. The number of rotatable bonds is 3. The molecule has 0 saturated heterocycles.